The molecular formula is C18H26N2O3S2. The van der Waals surface area contributed by atoms with E-state index in [9.17, 15) is 13.2 Å². The smallest absolute Gasteiger partial charge is 0.234 e. The monoisotopic (exact) mass is 382 g/mol. The van der Waals surface area contributed by atoms with Crippen LogP contribution in [-0.2, 0) is 14.6 Å². The maximum absolute atomic E-state index is 12.1. The van der Waals surface area contributed by atoms with E-state index in [-0.39, 0.29) is 22.7 Å². The molecule has 0 spiro atoms. The second-order valence-electron chi connectivity index (χ2n) is 6.83. The van der Waals surface area contributed by atoms with Gasteiger partial charge in [-0.05, 0) is 43.5 Å². The lowest BCUT2D eigenvalue weighted by atomic mass is 10.2. The summed E-state index contributed by atoms with van der Waals surface area (Å²) in [5.41, 5.74) is 2.01. The van der Waals surface area contributed by atoms with Crippen LogP contribution in [0.15, 0.2) is 24.3 Å². The Hall–Kier alpha value is -1.21. The average Bonchev–Trinajstić information content (AvgIpc) is 2.78. The largest absolute Gasteiger partial charge is 0.372 e. The molecule has 3 rings (SSSR count). The topological polar surface area (TPSA) is 66.5 Å². The highest BCUT2D eigenvalue weighted by Crippen LogP contribution is 2.25. The molecule has 1 amide bonds. The fourth-order valence-corrected chi connectivity index (χ4v) is 6.81. The van der Waals surface area contributed by atoms with Gasteiger partial charge in [0.1, 0.15) is 0 Å². The van der Waals surface area contributed by atoms with E-state index >= 15 is 0 Å². The van der Waals surface area contributed by atoms with Crippen molar-refractivity contribution in [1.29, 1.82) is 0 Å². The van der Waals surface area contributed by atoms with E-state index < -0.39 is 9.84 Å². The normalized spacial score (nSPS) is 23.2. The number of sulfone groups is 1. The molecule has 2 fully saturated rings. The quantitative estimate of drug-likeness (QED) is 0.848. The minimum absolute atomic E-state index is 0.0566. The zero-order valence-electron chi connectivity index (χ0n) is 14.4. The summed E-state index contributed by atoms with van der Waals surface area (Å²) in [7, 11) is -2.88. The van der Waals surface area contributed by atoms with E-state index in [0.29, 0.717) is 12.2 Å². The van der Waals surface area contributed by atoms with Crippen molar-refractivity contribution in [1.82, 2.24) is 0 Å². The van der Waals surface area contributed by atoms with Gasteiger partial charge < -0.3 is 10.2 Å². The summed E-state index contributed by atoms with van der Waals surface area (Å²) < 4.78 is 22.9. The van der Waals surface area contributed by atoms with Crippen molar-refractivity contribution in [2.45, 2.75) is 37.4 Å². The van der Waals surface area contributed by atoms with Crippen LogP contribution < -0.4 is 10.2 Å². The Balaban J connectivity index is 1.46. The summed E-state index contributed by atoms with van der Waals surface area (Å²) in [6.07, 6.45) is 5.76. The van der Waals surface area contributed by atoms with Gasteiger partial charge in [0.05, 0.1) is 17.3 Å². The van der Waals surface area contributed by atoms with E-state index in [2.05, 4.69) is 22.3 Å². The molecule has 1 atom stereocenters. The minimum atomic E-state index is -2.88. The van der Waals surface area contributed by atoms with E-state index in [0.717, 1.165) is 18.8 Å². The van der Waals surface area contributed by atoms with E-state index in [1.54, 1.807) is 0 Å². The van der Waals surface area contributed by atoms with Crippen molar-refractivity contribution in [3.8, 4) is 0 Å². The van der Waals surface area contributed by atoms with Gasteiger partial charge in [-0.2, -0.15) is 0 Å². The maximum Gasteiger partial charge on any atom is 0.234 e. The first-order valence-corrected chi connectivity index (χ1v) is 11.9. The predicted molar refractivity (Wildman–Crippen MR) is 105 cm³/mol. The van der Waals surface area contributed by atoms with Gasteiger partial charge in [0.25, 0.3) is 0 Å². The van der Waals surface area contributed by atoms with Crippen LogP contribution in [0.4, 0.5) is 11.4 Å². The summed E-state index contributed by atoms with van der Waals surface area (Å²) in [5.74, 6) is 0.685. The minimum Gasteiger partial charge on any atom is -0.372 e. The highest BCUT2D eigenvalue weighted by Gasteiger charge is 2.28. The van der Waals surface area contributed by atoms with Crippen molar-refractivity contribution < 1.29 is 13.2 Å². The molecule has 138 valence electrons. The Morgan fingerprint density at radius 2 is 1.80 bits per heavy atom. The van der Waals surface area contributed by atoms with E-state index in [1.807, 2.05) is 12.1 Å². The van der Waals surface area contributed by atoms with E-state index in [1.165, 1.54) is 43.1 Å². The number of amides is 1. The third-order valence-electron chi connectivity index (χ3n) is 4.76. The van der Waals surface area contributed by atoms with Crippen LogP contribution in [0.25, 0.3) is 0 Å². The van der Waals surface area contributed by atoms with Crippen molar-refractivity contribution in [2.24, 2.45) is 0 Å². The lowest BCUT2D eigenvalue weighted by molar-refractivity contribution is -0.113. The number of carbonyl (C=O) groups excluding carboxylic acids is 1. The van der Waals surface area contributed by atoms with Gasteiger partial charge in [-0.15, -0.1) is 11.8 Å². The van der Waals surface area contributed by atoms with Gasteiger partial charge >= 0.3 is 0 Å². The number of nitrogens with zero attached hydrogens (tertiary/aromatic N) is 1. The molecule has 2 aliphatic heterocycles. The molecule has 2 aliphatic rings. The number of carbonyl (C=O) groups is 1. The van der Waals surface area contributed by atoms with Crippen molar-refractivity contribution in [3.05, 3.63) is 24.3 Å². The number of nitrogens with one attached hydrogen (secondary N) is 1. The molecule has 0 aromatic heterocycles. The number of hydrogen-bond donors (Lipinski definition) is 1. The summed E-state index contributed by atoms with van der Waals surface area (Å²) in [5, 5.41) is 2.96. The first kappa shape index (κ1) is 18.6. The molecule has 0 bridgehead atoms. The van der Waals surface area contributed by atoms with E-state index in [4.69, 9.17) is 0 Å². The molecule has 1 aromatic carbocycles. The lowest BCUT2D eigenvalue weighted by Gasteiger charge is -2.22. The molecular weight excluding hydrogens is 356 g/mol. The lowest BCUT2D eigenvalue weighted by Crippen LogP contribution is -2.23. The zero-order chi connectivity index (χ0) is 17.7. The summed E-state index contributed by atoms with van der Waals surface area (Å²) in [6, 6.07) is 8.03. The molecule has 2 saturated heterocycles. The Morgan fingerprint density at radius 3 is 2.40 bits per heavy atom. The second kappa shape index (κ2) is 8.45. The molecule has 1 aromatic rings. The van der Waals surface area contributed by atoms with Crippen LogP contribution in [0, 0.1) is 0 Å². The Bertz CT molecular complexity index is 681. The van der Waals surface area contributed by atoms with Crippen molar-refractivity contribution in [3.63, 3.8) is 0 Å². The van der Waals surface area contributed by atoms with Crippen LogP contribution >= 0.6 is 11.8 Å². The molecule has 1 N–H and O–H groups in total. The SMILES string of the molecule is O=C(CS[C@@H]1CCS(=O)(=O)C1)Nc1ccc(N2CCCCCC2)cc1. The molecule has 0 aliphatic carbocycles. The molecule has 0 saturated carbocycles. The molecule has 7 heteroatoms. The number of benzene rings is 1. The van der Waals surface area contributed by atoms with Crippen LogP contribution in [0.2, 0.25) is 0 Å². The molecule has 0 radical (unpaired) electrons. The average molecular weight is 383 g/mol. The van der Waals surface area contributed by atoms with Gasteiger partial charge in [-0.25, -0.2) is 8.42 Å². The Labute approximate surface area is 154 Å². The zero-order valence-corrected chi connectivity index (χ0v) is 16.1. The fraction of sp³-hybridized carbons (Fsp3) is 0.611. The molecule has 25 heavy (non-hydrogen) atoms. The molecule has 0 unspecified atom stereocenters. The highest BCUT2D eigenvalue weighted by atomic mass is 32.2. The van der Waals surface area contributed by atoms with Gasteiger partial charge in [-0.1, -0.05) is 12.8 Å². The van der Waals surface area contributed by atoms with Crippen molar-refractivity contribution >= 4 is 38.9 Å². The summed E-state index contributed by atoms with van der Waals surface area (Å²) in [6.45, 7) is 2.21. The number of hydrogen-bond acceptors (Lipinski definition) is 5. The first-order chi connectivity index (χ1) is 12.0. The summed E-state index contributed by atoms with van der Waals surface area (Å²) in [4.78, 5) is 14.5. The Kier molecular flexibility index (Phi) is 6.28. The van der Waals surface area contributed by atoms with Crippen LogP contribution in [0.3, 0.4) is 0 Å². The van der Waals surface area contributed by atoms with Gasteiger partial charge in [-0.3, -0.25) is 4.79 Å². The first-order valence-electron chi connectivity index (χ1n) is 8.99. The molecule has 5 nitrogen and oxygen atoms in total. The fourth-order valence-electron chi connectivity index (χ4n) is 3.37. The number of thioether (sulfide) groups is 1. The van der Waals surface area contributed by atoms with Gasteiger partial charge in [0, 0.05) is 29.7 Å². The number of anilines is 2. The van der Waals surface area contributed by atoms with Gasteiger partial charge in [0.15, 0.2) is 9.84 Å². The van der Waals surface area contributed by atoms with Crippen LogP contribution in [-0.4, -0.2) is 49.9 Å². The highest BCUT2D eigenvalue weighted by molar-refractivity contribution is 8.02. The standard InChI is InChI=1S/C18H26N2O3S2/c21-18(13-24-17-9-12-25(22,23)14-17)19-15-5-7-16(8-6-15)20-10-3-1-2-4-11-20/h5-8,17H,1-4,9-14H2,(H,19,21)/t17-/m1/s1. The third kappa shape index (κ3) is 5.64. The van der Waals surface area contributed by atoms with Crippen molar-refractivity contribution in [2.75, 3.05) is 40.6 Å². The van der Waals surface area contributed by atoms with Crippen LogP contribution in [0.1, 0.15) is 32.1 Å². The second-order valence-corrected chi connectivity index (χ2v) is 10.3. The Morgan fingerprint density at radius 1 is 1.12 bits per heavy atom. The molecule has 2 heterocycles. The van der Waals surface area contributed by atoms with Gasteiger partial charge in [0.2, 0.25) is 5.91 Å². The number of rotatable bonds is 5. The maximum atomic E-state index is 12.1. The van der Waals surface area contributed by atoms with Crippen LogP contribution in [0.5, 0.6) is 0 Å². The third-order valence-corrected chi connectivity index (χ3v) is 8.04. The summed E-state index contributed by atoms with van der Waals surface area (Å²) >= 11 is 1.44. The predicted octanol–water partition coefficient (Wildman–Crippen LogP) is 2.93.